The van der Waals surface area contributed by atoms with Gasteiger partial charge in [-0.25, -0.2) is 4.79 Å². The number of benzene rings is 2. The Hall–Kier alpha value is -3.67. The van der Waals surface area contributed by atoms with Gasteiger partial charge >= 0.3 is 5.97 Å². The summed E-state index contributed by atoms with van der Waals surface area (Å²) in [5, 5.41) is 4.40. The number of esters is 1. The Labute approximate surface area is 162 Å². The van der Waals surface area contributed by atoms with E-state index in [1.54, 1.807) is 29.1 Å². The molecule has 0 radical (unpaired) electrons. The largest absolute Gasteiger partial charge is 0.465 e. The van der Waals surface area contributed by atoms with E-state index < -0.39 is 5.97 Å². The van der Waals surface area contributed by atoms with Gasteiger partial charge in [0.15, 0.2) is 0 Å². The highest BCUT2D eigenvalue weighted by Gasteiger charge is 2.25. The van der Waals surface area contributed by atoms with Crippen molar-refractivity contribution >= 4 is 5.97 Å². The lowest BCUT2D eigenvalue weighted by molar-refractivity contribution is 0.0600. The Kier molecular flexibility index (Phi) is 4.53. The Bertz CT molecular complexity index is 1160. The van der Waals surface area contributed by atoms with Crippen LogP contribution in [0.1, 0.15) is 22.8 Å². The average molecular weight is 373 g/mol. The van der Waals surface area contributed by atoms with E-state index in [4.69, 9.17) is 4.74 Å². The van der Waals surface area contributed by atoms with E-state index in [9.17, 15) is 9.59 Å². The highest BCUT2D eigenvalue weighted by molar-refractivity contribution is 5.96. The molecule has 0 spiro atoms. The fourth-order valence-corrected chi connectivity index (χ4v) is 3.16. The number of para-hydroxylation sites is 1. The molecule has 6 heteroatoms. The number of fused-ring (bicyclic) bond motifs is 1. The summed E-state index contributed by atoms with van der Waals surface area (Å²) in [6.45, 7) is 2.09. The van der Waals surface area contributed by atoms with Crippen LogP contribution < -0.4 is 5.56 Å². The molecule has 0 saturated heterocycles. The molecule has 2 aromatic carbocycles. The highest BCUT2D eigenvalue weighted by Crippen LogP contribution is 2.25. The van der Waals surface area contributed by atoms with E-state index in [-0.39, 0.29) is 11.1 Å². The molecule has 140 valence electrons. The number of rotatable bonds is 4. The lowest BCUT2D eigenvalue weighted by Gasteiger charge is -2.12. The van der Waals surface area contributed by atoms with Crippen LogP contribution >= 0.6 is 0 Å². The first-order valence-electron chi connectivity index (χ1n) is 9.00. The zero-order chi connectivity index (χ0) is 19.7. The van der Waals surface area contributed by atoms with E-state index >= 15 is 0 Å². The monoisotopic (exact) mass is 373 g/mol. The van der Waals surface area contributed by atoms with Gasteiger partial charge in [-0.2, -0.15) is 9.78 Å². The number of carbonyl (C=O) groups excluding carboxylic acids is 1. The van der Waals surface area contributed by atoms with Gasteiger partial charge in [0.25, 0.3) is 5.56 Å². The predicted octanol–water partition coefficient (Wildman–Crippen LogP) is 3.48. The highest BCUT2D eigenvalue weighted by atomic mass is 16.5. The molecule has 2 aliphatic rings. The molecule has 2 aliphatic heterocycles. The summed E-state index contributed by atoms with van der Waals surface area (Å²) in [4.78, 5) is 25.4. The summed E-state index contributed by atoms with van der Waals surface area (Å²) in [5.41, 5.74) is 3.32. The molecule has 0 amide bonds. The van der Waals surface area contributed by atoms with Crippen LogP contribution in [-0.2, 0) is 11.2 Å². The number of ether oxygens (including phenoxy) is 1. The summed E-state index contributed by atoms with van der Waals surface area (Å²) >= 11 is 0. The fraction of sp³-hybridized carbons (Fsp3) is 0.136. The van der Waals surface area contributed by atoms with E-state index in [0.29, 0.717) is 16.9 Å². The van der Waals surface area contributed by atoms with Crippen LogP contribution in [0.4, 0.5) is 0 Å². The third-order valence-corrected chi connectivity index (χ3v) is 4.72. The third-order valence-electron chi connectivity index (χ3n) is 4.72. The maximum atomic E-state index is 13.0. The normalized spacial score (nSPS) is 10.9. The number of methoxy groups -OCH3 is 1. The standard InChI is InChI=1S/C22H19N3O3/c1-3-15-9-11-16(12-10-15)24-13-18-20(19(14-24)22(27)28-2)23-25(21(18)26)17-7-5-4-6-8-17/h4-14H,3H2,1-2H3. The first-order chi connectivity index (χ1) is 13.6. The maximum Gasteiger partial charge on any atom is 0.341 e. The van der Waals surface area contributed by atoms with Gasteiger partial charge in [0.1, 0.15) is 11.3 Å². The van der Waals surface area contributed by atoms with Gasteiger partial charge in [-0.15, -0.1) is 0 Å². The molecule has 0 unspecified atom stereocenters. The lowest BCUT2D eigenvalue weighted by Crippen LogP contribution is -2.15. The summed E-state index contributed by atoms with van der Waals surface area (Å²) in [7, 11) is 1.31. The van der Waals surface area contributed by atoms with Crippen molar-refractivity contribution < 1.29 is 9.53 Å². The molecule has 2 heterocycles. The molecule has 0 bridgehead atoms. The summed E-state index contributed by atoms with van der Waals surface area (Å²) in [5.74, 6) is -0.540. The third kappa shape index (κ3) is 2.99. The van der Waals surface area contributed by atoms with Crippen molar-refractivity contribution in [1.82, 2.24) is 14.3 Å². The molecule has 0 fully saturated rings. The first-order valence-corrected chi connectivity index (χ1v) is 9.00. The van der Waals surface area contributed by atoms with Crippen molar-refractivity contribution in [3.8, 4) is 22.6 Å². The molecule has 0 atom stereocenters. The van der Waals surface area contributed by atoms with Crippen molar-refractivity contribution in [2.24, 2.45) is 0 Å². The van der Waals surface area contributed by atoms with Crippen LogP contribution in [0.5, 0.6) is 0 Å². The quantitative estimate of drug-likeness (QED) is 0.514. The molecule has 4 rings (SSSR count). The molecule has 28 heavy (non-hydrogen) atoms. The van der Waals surface area contributed by atoms with Gasteiger partial charge in [0.05, 0.1) is 18.4 Å². The number of carbonyl (C=O) groups is 1. The number of aryl methyl sites for hydroxylation is 1. The lowest BCUT2D eigenvalue weighted by atomic mass is 10.1. The number of hydrogen-bond acceptors (Lipinski definition) is 4. The fourth-order valence-electron chi connectivity index (χ4n) is 3.16. The second kappa shape index (κ2) is 7.15. The van der Waals surface area contributed by atoms with Gasteiger partial charge in [-0.1, -0.05) is 37.3 Å². The van der Waals surface area contributed by atoms with Crippen LogP contribution in [0.2, 0.25) is 0 Å². The van der Waals surface area contributed by atoms with Gasteiger partial charge in [0, 0.05) is 18.1 Å². The number of pyridine rings is 1. The summed E-state index contributed by atoms with van der Waals surface area (Å²) < 4.78 is 7.99. The molecule has 0 N–H and O–H groups in total. The first kappa shape index (κ1) is 17.7. The second-order valence-corrected chi connectivity index (χ2v) is 6.41. The Balaban J connectivity index is 1.96. The molecular formula is C22H19N3O3. The zero-order valence-corrected chi connectivity index (χ0v) is 15.6. The van der Waals surface area contributed by atoms with E-state index in [2.05, 4.69) is 12.0 Å². The van der Waals surface area contributed by atoms with E-state index in [1.807, 2.05) is 42.5 Å². The van der Waals surface area contributed by atoms with Crippen LogP contribution in [-0.4, -0.2) is 27.4 Å². The van der Waals surface area contributed by atoms with Crippen LogP contribution in [0.3, 0.4) is 0 Å². The molecular weight excluding hydrogens is 354 g/mol. The topological polar surface area (TPSA) is 66.1 Å². The van der Waals surface area contributed by atoms with Crippen LogP contribution in [0.25, 0.3) is 22.6 Å². The molecule has 6 nitrogen and oxygen atoms in total. The minimum atomic E-state index is -0.540. The number of hydrogen-bond donors (Lipinski definition) is 0. The molecule has 0 saturated carbocycles. The predicted molar refractivity (Wildman–Crippen MR) is 107 cm³/mol. The Morgan fingerprint density at radius 3 is 2.36 bits per heavy atom. The van der Waals surface area contributed by atoms with Crippen molar-refractivity contribution in [2.45, 2.75) is 13.3 Å². The Morgan fingerprint density at radius 1 is 1.00 bits per heavy atom. The summed E-state index contributed by atoms with van der Waals surface area (Å²) in [6.07, 6.45) is 4.29. The van der Waals surface area contributed by atoms with Gasteiger partial charge in [-0.05, 0) is 36.2 Å². The van der Waals surface area contributed by atoms with E-state index in [0.717, 1.165) is 12.1 Å². The second-order valence-electron chi connectivity index (χ2n) is 6.41. The zero-order valence-electron chi connectivity index (χ0n) is 15.6. The number of aromatic nitrogens is 3. The minimum Gasteiger partial charge on any atom is -0.465 e. The Morgan fingerprint density at radius 2 is 1.71 bits per heavy atom. The van der Waals surface area contributed by atoms with Crippen molar-refractivity contribution in [2.75, 3.05) is 7.11 Å². The van der Waals surface area contributed by atoms with Gasteiger partial charge in [0.2, 0.25) is 0 Å². The van der Waals surface area contributed by atoms with Crippen molar-refractivity contribution in [3.63, 3.8) is 0 Å². The molecule has 0 aliphatic carbocycles. The molecule has 0 aromatic heterocycles. The number of nitrogens with zero attached hydrogens (tertiary/aromatic N) is 3. The van der Waals surface area contributed by atoms with Crippen molar-refractivity contribution in [3.05, 3.63) is 88.5 Å². The van der Waals surface area contributed by atoms with Crippen LogP contribution in [0.15, 0.2) is 71.8 Å². The smallest absolute Gasteiger partial charge is 0.341 e. The molecule has 2 aromatic rings. The van der Waals surface area contributed by atoms with Gasteiger partial charge in [-0.3, -0.25) is 4.79 Å². The average Bonchev–Trinajstić information content (AvgIpc) is 3.09. The SMILES string of the molecule is CCc1ccc(-n2cc(C(=O)OC)c3nn(-c4ccccc4)c(=O)c-3c2)cc1. The minimum absolute atomic E-state index is 0.242. The van der Waals surface area contributed by atoms with Crippen LogP contribution in [0, 0.1) is 0 Å². The maximum absolute atomic E-state index is 13.0. The van der Waals surface area contributed by atoms with Gasteiger partial charge < -0.3 is 9.30 Å². The van der Waals surface area contributed by atoms with E-state index in [1.165, 1.54) is 17.4 Å². The summed E-state index contributed by atoms with van der Waals surface area (Å²) in [6, 6.07) is 17.1. The van der Waals surface area contributed by atoms with Crippen molar-refractivity contribution in [1.29, 1.82) is 0 Å².